The normalized spacial score (nSPS) is 10.4. The van der Waals surface area contributed by atoms with Gasteiger partial charge in [-0.15, -0.1) is 11.6 Å². The van der Waals surface area contributed by atoms with Crippen LogP contribution in [0.15, 0.2) is 4.52 Å². The van der Waals surface area contributed by atoms with Crippen LogP contribution in [0.3, 0.4) is 0 Å². The van der Waals surface area contributed by atoms with Gasteiger partial charge in [0.15, 0.2) is 5.82 Å². The summed E-state index contributed by atoms with van der Waals surface area (Å²) >= 11 is 5.45. The van der Waals surface area contributed by atoms with Crippen molar-refractivity contribution in [2.24, 2.45) is 0 Å². The molecule has 0 saturated carbocycles. The number of ether oxygens (including phenoxy) is 1. The molecule has 0 radical (unpaired) electrons. The van der Waals surface area contributed by atoms with E-state index in [1.165, 1.54) is 0 Å². The molecule has 0 aliphatic carbocycles. The van der Waals surface area contributed by atoms with Crippen LogP contribution in [0.1, 0.15) is 11.7 Å². The van der Waals surface area contributed by atoms with Crippen molar-refractivity contribution in [1.82, 2.24) is 10.1 Å². The van der Waals surface area contributed by atoms with E-state index in [-0.39, 0.29) is 5.88 Å². The first-order chi connectivity index (χ1) is 5.36. The van der Waals surface area contributed by atoms with Crippen LogP contribution in [0.25, 0.3) is 0 Å². The van der Waals surface area contributed by atoms with Crippen molar-refractivity contribution in [2.75, 3.05) is 13.7 Å². The number of alkyl halides is 1. The molecule has 0 unspecified atom stereocenters. The highest BCUT2D eigenvalue weighted by Crippen LogP contribution is 2.00. The SMILES string of the molecule is COCCc1noc(CCl)n1. The maximum absolute atomic E-state index is 5.45. The third-order valence-corrected chi connectivity index (χ3v) is 1.38. The standard InChI is InChI=1S/C6H9ClN2O2/c1-10-3-2-5-8-6(4-7)11-9-5/h2-4H2,1H3. The summed E-state index contributed by atoms with van der Waals surface area (Å²) in [6.45, 7) is 0.598. The molecule has 4 nitrogen and oxygen atoms in total. The molecule has 1 aromatic heterocycles. The summed E-state index contributed by atoms with van der Waals surface area (Å²) in [6, 6.07) is 0. The molecular formula is C6H9ClN2O2. The van der Waals surface area contributed by atoms with E-state index in [4.69, 9.17) is 20.9 Å². The Kier molecular flexibility index (Phi) is 3.32. The van der Waals surface area contributed by atoms with Gasteiger partial charge in [-0.1, -0.05) is 5.16 Å². The second-order valence-electron chi connectivity index (χ2n) is 1.98. The van der Waals surface area contributed by atoms with Crippen molar-refractivity contribution < 1.29 is 9.26 Å². The largest absolute Gasteiger partial charge is 0.384 e. The lowest BCUT2D eigenvalue weighted by molar-refractivity contribution is 0.199. The molecule has 5 heteroatoms. The summed E-state index contributed by atoms with van der Waals surface area (Å²) < 4.78 is 9.60. The molecule has 0 aliphatic rings. The summed E-state index contributed by atoms with van der Waals surface area (Å²) in [5, 5.41) is 3.67. The highest BCUT2D eigenvalue weighted by Gasteiger charge is 2.03. The van der Waals surface area contributed by atoms with Gasteiger partial charge < -0.3 is 9.26 Å². The van der Waals surface area contributed by atoms with Crippen LogP contribution >= 0.6 is 11.6 Å². The van der Waals surface area contributed by atoms with Crippen LogP contribution in [0.2, 0.25) is 0 Å². The van der Waals surface area contributed by atoms with Crippen molar-refractivity contribution in [3.8, 4) is 0 Å². The molecular weight excluding hydrogens is 168 g/mol. The number of rotatable bonds is 4. The Morgan fingerprint density at radius 3 is 3.00 bits per heavy atom. The van der Waals surface area contributed by atoms with Gasteiger partial charge in [0.2, 0.25) is 5.89 Å². The van der Waals surface area contributed by atoms with E-state index in [9.17, 15) is 0 Å². The Morgan fingerprint density at radius 1 is 1.64 bits per heavy atom. The lowest BCUT2D eigenvalue weighted by Gasteiger charge is -1.89. The van der Waals surface area contributed by atoms with Crippen LogP contribution < -0.4 is 0 Å². The molecule has 62 valence electrons. The summed E-state index contributed by atoms with van der Waals surface area (Å²) in [5.74, 6) is 1.36. The highest BCUT2D eigenvalue weighted by molar-refractivity contribution is 6.16. The van der Waals surface area contributed by atoms with Gasteiger partial charge in [-0.25, -0.2) is 0 Å². The first-order valence-electron chi connectivity index (χ1n) is 3.23. The van der Waals surface area contributed by atoms with E-state index in [1.54, 1.807) is 7.11 Å². The third-order valence-electron chi connectivity index (χ3n) is 1.15. The average molecular weight is 177 g/mol. The number of aromatic nitrogens is 2. The monoisotopic (exact) mass is 176 g/mol. The Morgan fingerprint density at radius 2 is 2.45 bits per heavy atom. The van der Waals surface area contributed by atoms with E-state index in [0.29, 0.717) is 24.7 Å². The molecule has 0 atom stereocenters. The Bertz CT molecular complexity index is 214. The van der Waals surface area contributed by atoms with Crippen molar-refractivity contribution in [3.05, 3.63) is 11.7 Å². The molecule has 1 heterocycles. The molecule has 1 aromatic rings. The number of halogens is 1. The molecule has 0 aliphatic heterocycles. The van der Waals surface area contributed by atoms with Crippen LogP contribution in [0.4, 0.5) is 0 Å². The fourth-order valence-electron chi connectivity index (χ4n) is 0.639. The Hall–Kier alpha value is -0.610. The van der Waals surface area contributed by atoms with Crippen LogP contribution in [-0.2, 0) is 17.0 Å². The minimum Gasteiger partial charge on any atom is -0.384 e. The zero-order chi connectivity index (χ0) is 8.10. The van der Waals surface area contributed by atoms with E-state index < -0.39 is 0 Å². The lowest BCUT2D eigenvalue weighted by atomic mass is 10.4. The van der Waals surface area contributed by atoms with Crippen LogP contribution in [0, 0.1) is 0 Å². The lowest BCUT2D eigenvalue weighted by Crippen LogP contribution is -1.96. The molecule has 0 bridgehead atoms. The number of hydrogen-bond acceptors (Lipinski definition) is 4. The van der Waals surface area contributed by atoms with Crippen molar-refractivity contribution >= 4 is 11.6 Å². The summed E-state index contributed by atoms with van der Waals surface area (Å²) in [4.78, 5) is 3.98. The first-order valence-corrected chi connectivity index (χ1v) is 3.76. The minimum atomic E-state index is 0.264. The predicted octanol–water partition coefficient (Wildman–Crippen LogP) is 0.997. The topological polar surface area (TPSA) is 48.2 Å². The zero-order valence-electron chi connectivity index (χ0n) is 6.21. The molecule has 11 heavy (non-hydrogen) atoms. The van der Waals surface area contributed by atoms with E-state index in [1.807, 2.05) is 0 Å². The second kappa shape index (κ2) is 4.31. The van der Waals surface area contributed by atoms with Crippen molar-refractivity contribution in [2.45, 2.75) is 12.3 Å². The van der Waals surface area contributed by atoms with E-state index in [2.05, 4.69) is 10.1 Å². The maximum atomic E-state index is 5.45. The van der Waals surface area contributed by atoms with Crippen molar-refractivity contribution in [3.63, 3.8) is 0 Å². The smallest absolute Gasteiger partial charge is 0.241 e. The highest BCUT2D eigenvalue weighted by atomic mass is 35.5. The molecule has 1 rings (SSSR count). The van der Waals surface area contributed by atoms with Gasteiger partial charge in [0.1, 0.15) is 5.88 Å². The number of nitrogens with zero attached hydrogens (tertiary/aromatic N) is 2. The van der Waals surface area contributed by atoms with E-state index in [0.717, 1.165) is 0 Å². The molecule has 0 amide bonds. The Labute approximate surface area is 69.5 Å². The van der Waals surface area contributed by atoms with E-state index >= 15 is 0 Å². The Balaban J connectivity index is 2.44. The van der Waals surface area contributed by atoms with Crippen LogP contribution in [0.5, 0.6) is 0 Å². The third kappa shape index (κ3) is 2.48. The quantitative estimate of drug-likeness (QED) is 0.643. The summed E-state index contributed by atoms with van der Waals surface area (Å²) in [6.07, 6.45) is 0.664. The fraction of sp³-hybridized carbons (Fsp3) is 0.667. The molecule has 0 spiro atoms. The van der Waals surface area contributed by atoms with Gasteiger partial charge in [0, 0.05) is 13.5 Å². The van der Waals surface area contributed by atoms with Crippen molar-refractivity contribution in [1.29, 1.82) is 0 Å². The average Bonchev–Trinajstić information content (AvgIpc) is 2.48. The number of hydrogen-bond donors (Lipinski definition) is 0. The predicted molar refractivity (Wildman–Crippen MR) is 39.4 cm³/mol. The second-order valence-corrected chi connectivity index (χ2v) is 2.25. The van der Waals surface area contributed by atoms with Gasteiger partial charge in [0.25, 0.3) is 0 Å². The van der Waals surface area contributed by atoms with Gasteiger partial charge in [-0.2, -0.15) is 4.98 Å². The van der Waals surface area contributed by atoms with Gasteiger partial charge in [0.05, 0.1) is 6.61 Å². The minimum absolute atomic E-state index is 0.264. The molecule has 0 aromatic carbocycles. The van der Waals surface area contributed by atoms with Gasteiger partial charge in [-0.05, 0) is 0 Å². The van der Waals surface area contributed by atoms with Gasteiger partial charge >= 0.3 is 0 Å². The molecule has 0 fully saturated rings. The zero-order valence-corrected chi connectivity index (χ0v) is 6.97. The molecule has 0 saturated heterocycles. The number of methoxy groups -OCH3 is 1. The van der Waals surface area contributed by atoms with Gasteiger partial charge in [-0.3, -0.25) is 0 Å². The summed E-state index contributed by atoms with van der Waals surface area (Å²) in [7, 11) is 1.63. The fourth-order valence-corrected chi connectivity index (χ4v) is 0.748. The summed E-state index contributed by atoms with van der Waals surface area (Å²) in [5.41, 5.74) is 0. The first kappa shape index (κ1) is 8.49. The maximum Gasteiger partial charge on any atom is 0.241 e. The molecule has 0 N–H and O–H groups in total. The van der Waals surface area contributed by atoms with Crippen LogP contribution in [-0.4, -0.2) is 23.9 Å².